The normalized spacial score (nSPS) is 24.1. The van der Waals surface area contributed by atoms with Crippen molar-refractivity contribution in [3.8, 4) is 0 Å². The van der Waals surface area contributed by atoms with Crippen molar-refractivity contribution in [2.24, 2.45) is 0 Å². The van der Waals surface area contributed by atoms with E-state index in [0.29, 0.717) is 0 Å². The molecule has 1 aliphatic heterocycles. The molecule has 3 nitrogen and oxygen atoms in total. The lowest BCUT2D eigenvalue weighted by atomic mass is 10.7. The Balaban J connectivity index is 2.55. The zero-order chi connectivity index (χ0) is 5.49. The zero-order valence-electron chi connectivity index (χ0n) is 3.12. The maximum Gasteiger partial charge on any atom is 0.359 e. The number of hydrogen-bond acceptors (Lipinski definition) is 4. The SMILES string of the molecule is O=C(O)C1(O)SS1. The summed E-state index contributed by atoms with van der Waals surface area (Å²) in [5.74, 6) is -1.16. The third-order valence-electron chi connectivity index (χ3n) is 0.511. The molecule has 7 heavy (non-hydrogen) atoms. The molecule has 1 saturated heterocycles. The number of hydrogen-bond donors (Lipinski definition) is 2. The summed E-state index contributed by atoms with van der Waals surface area (Å²) >= 11 is 0. The van der Waals surface area contributed by atoms with E-state index in [1.54, 1.807) is 0 Å². The third kappa shape index (κ3) is 0.844. The number of rotatable bonds is 1. The molecule has 1 heterocycles. The van der Waals surface area contributed by atoms with E-state index in [1.165, 1.54) is 0 Å². The van der Waals surface area contributed by atoms with Crippen LogP contribution < -0.4 is 0 Å². The van der Waals surface area contributed by atoms with Gasteiger partial charge in [-0.15, -0.1) is 0 Å². The molecule has 2 N–H and O–H groups in total. The van der Waals surface area contributed by atoms with Crippen molar-refractivity contribution < 1.29 is 15.0 Å². The van der Waals surface area contributed by atoms with Crippen LogP contribution in [-0.4, -0.2) is 20.4 Å². The number of aliphatic carboxylic acids is 1. The first kappa shape index (κ1) is 5.27. The molecule has 1 rings (SSSR count). The molecule has 0 spiro atoms. The lowest BCUT2D eigenvalue weighted by Crippen LogP contribution is -2.16. The first-order chi connectivity index (χ1) is 3.15. The van der Waals surface area contributed by atoms with Crippen molar-refractivity contribution >= 4 is 27.6 Å². The molecule has 0 unspecified atom stereocenters. The average molecular weight is 138 g/mol. The number of carboxylic acids is 1. The van der Waals surface area contributed by atoms with Crippen LogP contribution in [0.1, 0.15) is 0 Å². The molecule has 0 aromatic rings. The van der Waals surface area contributed by atoms with Gasteiger partial charge in [0, 0.05) is 0 Å². The number of aliphatic hydroxyl groups is 1. The van der Waals surface area contributed by atoms with Crippen molar-refractivity contribution in [2.45, 2.75) is 4.27 Å². The summed E-state index contributed by atoms with van der Waals surface area (Å²) in [5, 5.41) is 16.6. The minimum Gasteiger partial charge on any atom is -0.478 e. The molecule has 0 aromatic carbocycles. The molecular weight excluding hydrogens is 136 g/mol. The highest BCUT2D eigenvalue weighted by Crippen LogP contribution is 2.62. The molecule has 1 aliphatic rings. The van der Waals surface area contributed by atoms with Gasteiger partial charge < -0.3 is 10.2 Å². The quantitative estimate of drug-likeness (QED) is 0.398. The Labute approximate surface area is 47.5 Å². The van der Waals surface area contributed by atoms with E-state index in [0.717, 1.165) is 21.6 Å². The van der Waals surface area contributed by atoms with E-state index in [1.807, 2.05) is 0 Å². The first-order valence-corrected chi connectivity index (χ1v) is 3.63. The maximum atomic E-state index is 9.79. The Morgan fingerprint density at radius 3 is 2.00 bits per heavy atom. The molecule has 0 aromatic heterocycles. The topological polar surface area (TPSA) is 57.5 Å². The van der Waals surface area contributed by atoms with E-state index in [4.69, 9.17) is 10.2 Å². The van der Waals surface area contributed by atoms with Gasteiger partial charge in [-0.05, 0) is 21.6 Å². The largest absolute Gasteiger partial charge is 0.478 e. The molecule has 40 valence electrons. The van der Waals surface area contributed by atoms with Gasteiger partial charge in [0.05, 0.1) is 0 Å². The Bertz CT molecular complexity index is 108. The van der Waals surface area contributed by atoms with Gasteiger partial charge in [0.2, 0.25) is 0 Å². The first-order valence-electron chi connectivity index (χ1n) is 1.48. The molecule has 5 heteroatoms. The summed E-state index contributed by atoms with van der Waals surface area (Å²) < 4.78 is -1.50. The van der Waals surface area contributed by atoms with Gasteiger partial charge in [0.15, 0.2) is 0 Å². The van der Waals surface area contributed by atoms with Crippen molar-refractivity contribution in [1.29, 1.82) is 0 Å². The summed E-state index contributed by atoms with van der Waals surface area (Å²) in [5.41, 5.74) is 0. The molecule has 0 atom stereocenters. The molecule has 0 radical (unpaired) electrons. The standard InChI is InChI=1S/C2H2O3S2/c3-1(4)2(5)6-7-2/h5H,(H,3,4). The zero-order valence-corrected chi connectivity index (χ0v) is 4.75. The second kappa shape index (κ2) is 1.30. The fourth-order valence-corrected chi connectivity index (χ4v) is 0.997. The lowest BCUT2D eigenvalue weighted by molar-refractivity contribution is -0.143. The van der Waals surface area contributed by atoms with Crippen molar-refractivity contribution in [3.63, 3.8) is 0 Å². The summed E-state index contributed by atoms with van der Waals surface area (Å²) in [6.07, 6.45) is 0. The summed E-state index contributed by atoms with van der Waals surface area (Å²) in [6, 6.07) is 0. The summed E-state index contributed by atoms with van der Waals surface area (Å²) in [6.45, 7) is 0. The molecule has 0 saturated carbocycles. The van der Waals surface area contributed by atoms with Crippen molar-refractivity contribution in [2.75, 3.05) is 0 Å². The maximum absolute atomic E-state index is 9.79. The van der Waals surface area contributed by atoms with Gasteiger partial charge in [-0.2, -0.15) is 0 Å². The molecule has 0 aliphatic carbocycles. The monoisotopic (exact) mass is 138 g/mol. The van der Waals surface area contributed by atoms with Gasteiger partial charge in [-0.25, -0.2) is 4.79 Å². The highest BCUT2D eigenvalue weighted by atomic mass is 33.2. The number of carbonyl (C=O) groups is 1. The van der Waals surface area contributed by atoms with Gasteiger partial charge in [0.25, 0.3) is 4.27 Å². The van der Waals surface area contributed by atoms with E-state index in [9.17, 15) is 4.79 Å². The fourth-order valence-electron chi connectivity index (χ4n) is 0.111. The van der Waals surface area contributed by atoms with Gasteiger partial charge in [-0.1, -0.05) is 0 Å². The minimum atomic E-state index is -1.50. The van der Waals surface area contributed by atoms with E-state index in [-0.39, 0.29) is 0 Å². The second-order valence-electron chi connectivity index (χ2n) is 1.05. The van der Waals surface area contributed by atoms with Crippen LogP contribution in [0, 0.1) is 0 Å². The van der Waals surface area contributed by atoms with Crippen LogP contribution >= 0.6 is 21.6 Å². The highest BCUT2D eigenvalue weighted by molar-refractivity contribution is 8.94. The predicted octanol–water partition coefficient (Wildman–Crippen LogP) is 0.112. The van der Waals surface area contributed by atoms with E-state index in [2.05, 4.69) is 0 Å². The Kier molecular flexibility index (Phi) is 0.980. The smallest absolute Gasteiger partial charge is 0.359 e. The predicted molar refractivity (Wildman–Crippen MR) is 27.8 cm³/mol. The van der Waals surface area contributed by atoms with Crippen LogP contribution in [0.15, 0.2) is 0 Å². The minimum absolute atomic E-state index is 0.951. The van der Waals surface area contributed by atoms with E-state index < -0.39 is 10.2 Å². The van der Waals surface area contributed by atoms with Gasteiger partial charge in [-0.3, -0.25) is 0 Å². The van der Waals surface area contributed by atoms with Crippen molar-refractivity contribution in [3.05, 3.63) is 0 Å². The average Bonchev–Trinajstić information content (AvgIpc) is 2.21. The summed E-state index contributed by atoms with van der Waals surface area (Å²) in [7, 11) is 1.90. The highest BCUT2D eigenvalue weighted by Gasteiger charge is 2.52. The van der Waals surface area contributed by atoms with Crippen LogP contribution in [0.5, 0.6) is 0 Å². The summed E-state index contributed by atoms with van der Waals surface area (Å²) in [4.78, 5) is 9.79. The van der Waals surface area contributed by atoms with E-state index >= 15 is 0 Å². The van der Waals surface area contributed by atoms with Crippen LogP contribution in [-0.2, 0) is 4.79 Å². The van der Waals surface area contributed by atoms with Gasteiger partial charge in [0.1, 0.15) is 0 Å². The lowest BCUT2D eigenvalue weighted by Gasteiger charge is -1.89. The third-order valence-corrected chi connectivity index (χ3v) is 2.79. The fraction of sp³-hybridized carbons (Fsp3) is 0.500. The van der Waals surface area contributed by atoms with Crippen LogP contribution in [0.25, 0.3) is 0 Å². The molecule has 0 amide bonds. The molecule has 1 fully saturated rings. The van der Waals surface area contributed by atoms with Crippen molar-refractivity contribution in [1.82, 2.24) is 0 Å². The number of carboxylic acid groups (broad SMARTS) is 1. The Morgan fingerprint density at radius 1 is 1.57 bits per heavy atom. The Morgan fingerprint density at radius 2 is 2.00 bits per heavy atom. The molecular formula is C2H2O3S2. The van der Waals surface area contributed by atoms with Gasteiger partial charge >= 0.3 is 5.97 Å². The van der Waals surface area contributed by atoms with Crippen LogP contribution in [0.3, 0.4) is 0 Å². The van der Waals surface area contributed by atoms with Crippen LogP contribution in [0.4, 0.5) is 0 Å². The van der Waals surface area contributed by atoms with Crippen LogP contribution in [0.2, 0.25) is 0 Å². The Hall–Kier alpha value is 0.130. The molecule has 0 bridgehead atoms. The second-order valence-corrected chi connectivity index (χ2v) is 3.83.